The van der Waals surface area contributed by atoms with E-state index >= 15 is 0 Å². The zero-order chi connectivity index (χ0) is 21.5. The molecule has 0 fully saturated rings. The fourth-order valence-corrected chi connectivity index (χ4v) is 4.32. The van der Waals surface area contributed by atoms with Crippen LogP contribution in [0.3, 0.4) is 0 Å². The topological polar surface area (TPSA) is 52.2 Å². The molecule has 0 bridgehead atoms. The molecule has 2 aromatic carbocycles. The van der Waals surface area contributed by atoms with Gasteiger partial charge in [0.15, 0.2) is 5.16 Å². The number of hydrogen-bond acceptors (Lipinski definition) is 4. The third-order valence-corrected chi connectivity index (χ3v) is 5.84. The van der Waals surface area contributed by atoms with Crippen molar-refractivity contribution in [2.75, 3.05) is 0 Å². The third kappa shape index (κ3) is 3.79. The van der Waals surface area contributed by atoms with Crippen LogP contribution in [0, 0.1) is 0 Å². The van der Waals surface area contributed by atoms with Crippen molar-refractivity contribution in [1.82, 2.24) is 19.2 Å². The highest BCUT2D eigenvalue weighted by Crippen LogP contribution is 2.31. The minimum atomic E-state index is -4.39. The molecule has 0 N–H and O–H groups in total. The number of aromatic nitrogens is 4. The van der Waals surface area contributed by atoms with E-state index in [2.05, 4.69) is 10.2 Å². The summed E-state index contributed by atoms with van der Waals surface area (Å²) in [5.74, 6) is 0.662. The second-order valence-electron chi connectivity index (χ2n) is 6.72. The van der Waals surface area contributed by atoms with E-state index in [-0.39, 0.29) is 11.3 Å². The number of rotatable bonds is 5. The monoisotopic (exact) mass is 452 g/mol. The molecule has 4 rings (SSSR count). The molecule has 2 aromatic heterocycles. The Hall–Kier alpha value is -2.52. The van der Waals surface area contributed by atoms with Gasteiger partial charge >= 0.3 is 6.18 Å². The van der Waals surface area contributed by atoms with E-state index in [0.717, 1.165) is 18.6 Å². The summed E-state index contributed by atoms with van der Waals surface area (Å²) in [6.07, 6.45) is -3.67. The number of alkyl halides is 3. The van der Waals surface area contributed by atoms with E-state index in [1.54, 1.807) is 33.2 Å². The second-order valence-corrected chi connectivity index (χ2v) is 8.10. The lowest BCUT2D eigenvalue weighted by Crippen LogP contribution is -2.23. The smallest absolute Gasteiger partial charge is 0.276 e. The first kappa shape index (κ1) is 20.7. The van der Waals surface area contributed by atoms with E-state index in [9.17, 15) is 18.0 Å². The van der Waals surface area contributed by atoms with Gasteiger partial charge in [0.2, 0.25) is 5.78 Å². The maximum absolute atomic E-state index is 13.0. The van der Waals surface area contributed by atoms with Gasteiger partial charge in [0.1, 0.15) is 0 Å². The highest BCUT2D eigenvalue weighted by molar-refractivity contribution is 7.98. The summed E-state index contributed by atoms with van der Waals surface area (Å²) in [6, 6.07) is 10.2. The number of nitrogens with zero attached hydrogens (tertiary/aromatic N) is 4. The predicted molar refractivity (Wildman–Crippen MR) is 111 cm³/mol. The molecule has 0 atom stereocenters. The van der Waals surface area contributed by atoms with Crippen LogP contribution in [-0.4, -0.2) is 19.2 Å². The molecule has 0 aliphatic carbocycles. The van der Waals surface area contributed by atoms with Crippen LogP contribution < -0.4 is 5.56 Å². The minimum Gasteiger partial charge on any atom is -0.276 e. The fourth-order valence-electron chi connectivity index (χ4n) is 3.26. The lowest BCUT2D eigenvalue weighted by molar-refractivity contribution is -0.137. The molecule has 2 heterocycles. The van der Waals surface area contributed by atoms with Crippen molar-refractivity contribution >= 4 is 40.0 Å². The summed E-state index contributed by atoms with van der Waals surface area (Å²) in [4.78, 5) is 12.9. The van der Waals surface area contributed by atoms with E-state index in [4.69, 9.17) is 11.6 Å². The number of halogens is 4. The second kappa shape index (κ2) is 7.96. The Kier molecular flexibility index (Phi) is 5.50. The number of thioether (sulfide) groups is 1. The molecule has 0 saturated heterocycles. The Morgan fingerprint density at radius 1 is 1.13 bits per heavy atom. The Morgan fingerprint density at radius 3 is 2.67 bits per heavy atom. The highest BCUT2D eigenvalue weighted by Gasteiger charge is 2.30. The van der Waals surface area contributed by atoms with Gasteiger partial charge in [-0.1, -0.05) is 48.5 Å². The molecule has 0 radical (unpaired) electrons. The first-order chi connectivity index (χ1) is 14.3. The summed E-state index contributed by atoms with van der Waals surface area (Å²) in [6.45, 7) is 2.41. The molecule has 156 valence electrons. The van der Waals surface area contributed by atoms with Crippen LogP contribution in [0.25, 0.3) is 16.7 Å². The van der Waals surface area contributed by atoms with Gasteiger partial charge < -0.3 is 0 Å². The van der Waals surface area contributed by atoms with Crippen molar-refractivity contribution in [3.05, 3.63) is 69.0 Å². The van der Waals surface area contributed by atoms with Crippen LogP contribution in [0.1, 0.15) is 24.5 Å². The van der Waals surface area contributed by atoms with Crippen molar-refractivity contribution in [3.8, 4) is 0 Å². The minimum absolute atomic E-state index is 0.205. The van der Waals surface area contributed by atoms with Crippen molar-refractivity contribution in [3.63, 3.8) is 0 Å². The molecule has 5 nitrogen and oxygen atoms in total. The van der Waals surface area contributed by atoms with Crippen LogP contribution in [0.2, 0.25) is 5.02 Å². The first-order valence-corrected chi connectivity index (χ1v) is 10.5. The Bertz CT molecular complexity index is 1300. The first-order valence-electron chi connectivity index (χ1n) is 9.15. The van der Waals surface area contributed by atoms with Crippen LogP contribution in [-0.2, 0) is 18.5 Å². The largest absolute Gasteiger partial charge is 0.416 e. The summed E-state index contributed by atoms with van der Waals surface area (Å²) in [7, 11) is 0. The van der Waals surface area contributed by atoms with E-state index in [0.29, 0.717) is 39.0 Å². The lowest BCUT2D eigenvalue weighted by atomic mass is 10.1. The molecule has 0 amide bonds. The fraction of sp³-hybridized carbons (Fsp3) is 0.250. The van der Waals surface area contributed by atoms with Crippen LogP contribution in [0.15, 0.2) is 52.4 Å². The third-order valence-electron chi connectivity index (χ3n) is 4.60. The van der Waals surface area contributed by atoms with Crippen LogP contribution >= 0.6 is 23.4 Å². The van der Waals surface area contributed by atoms with E-state index < -0.39 is 11.7 Å². The SMILES string of the molecule is CCCn1c(=O)c2cc(Cl)ccc2n2c(SCc3cccc(C(F)(F)F)c3)nnc12. The zero-order valence-corrected chi connectivity index (χ0v) is 17.4. The van der Waals surface area contributed by atoms with E-state index in [1.165, 1.54) is 17.8 Å². The predicted octanol–water partition coefficient (Wildman–Crippen LogP) is 5.42. The number of benzene rings is 2. The summed E-state index contributed by atoms with van der Waals surface area (Å²) < 4.78 is 42.2. The molecule has 0 unspecified atom stereocenters. The van der Waals surface area contributed by atoms with E-state index in [1.807, 2.05) is 6.92 Å². The van der Waals surface area contributed by atoms with Gasteiger partial charge in [0, 0.05) is 17.3 Å². The molecule has 4 aromatic rings. The van der Waals surface area contributed by atoms with Gasteiger partial charge in [-0.15, -0.1) is 10.2 Å². The maximum atomic E-state index is 13.0. The van der Waals surface area contributed by atoms with Gasteiger partial charge in [-0.05, 0) is 36.2 Å². The van der Waals surface area contributed by atoms with Crippen LogP contribution in [0.5, 0.6) is 0 Å². The molecule has 0 spiro atoms. The Labute approximate surface area is 178 Å². The van der Waals surface area contributed by atoms with Gasteiger partial charge in [-0.3, -0.25) is 13.8 Å². The van der Waals surface area contributed by atoms with Crippen molar-refractivity contribution < 1.29 is 13.2 Å². The van der Waals surface area contributed by atoms with Gasteiger partial charge in [-0.2, -0.15) is 13.2 Å². The quantitative estimate of drug-likeness (QED) is 0.379. The molecule has 0 saturated carbocycles. The Morgan fingerprint density at radius 2 is 1.93 bits per heavy atom. The van der Waals surface area contributed by atoms with Gasteiger partial charge in [-0.25, -0.2) is 0 Å². The van der Waals surface area contributed by atoms with Gasteiger partial charge in [0.25, 0.3) is 5.56 Å². The number of hydrogen-bond donors (Lipinski definition) is 0. The molecular formula is C20H16ClF3N4OS. The normalized spacial score (nSPS) is 12.2. The molecule has 10 heteroatoms. The summed E-state index contributed by atoms with van der Waals surface area (Å²) in [5, 5.41) is 9.74. The summed E-state index contributed by atoms with van der Waals surface area (Å²) in [5.41, 5.74) is 0.219. The number of fused-ring (bicyclic) bond motifs is 3. The zero-order valence-electron chi connectivity index (χ0n) is 15.8. The molecular weight excluding hydrogens is 437 g/mol. The highest BCUT2D eigenvalue weighted by atomic mass is 35.5. The average Bonchev–Trinajstić information content (AvgIpc) is 3.13. The summed E-state index contributed by atoms with van der Waals surface area (Å²) >= 11 is 7.35. The standard InChI is InChI=1S/C20H16ClF3N4OS/c1-2-8-27-17(29)15-10-14(21)6-7-16(15)28-18(27)25-26-19(28)30-11-12-4-3-5-13(9-12)20(22,23)24/h3-7,9-10H,2,8,11H2,1H3. The molecule has 30 heavy (non-hydrogen) atoms. The van der Waals surface area contributed by atoms with Crippen molar-refractivity contribution in [1.29, 1.82) is 0 Å². The van der Waals surface area contributed by atoms with Gasteiger partial charge in [0.05, 0.1) is 16.5 Å². The average molecular weight is 453 g/mol. The van der Waals surface area contributed by atoms with Crippen molar-refractivity contribution in [2.45, 2.75) is 37.0 Å². The number of aryl methyl sites for hydroxylation is 1. The van der Waals surface area contributed by atoms with Crippen molar-refractivity contribution in [2.24, 2.45) is 0 Å². The van der Waals surface area contributed by atoms with Crippen LogP contribution in [0.4, 0.5) is 13.2 Å². The Balaban J connectivity index is 1.79. The molecule has 0 aliphatic rings. The maximum Gasteiger partial charge on any atom is 0.416 e. The molecule has 0 aliphatic heterocycles. The lowest BCUT2D eigenvalue weighted by Gasteiger charge is -2.11.